The number of benzene rings is 1. The minimum absolute atomic E-state index is 0.0397. The summed E-state index contributed by atoms with van der Waals surface area (Å²) in [4.78, 5) is 92.8. The van der Waals surface area contributed by atoms with Crippen LogP contribution in [0.2, 0.25) is 0 Å². The number of anilines is 2. The quantitative estimate of drug-likeness (QED) is 0.185. The summed E-state index contributed by atoms with van der Waals surface area (Å²) in [6.45, 7) is 6.02. The molecule has 5 amide bonds. The van der Waals surface area contributed by atoms with Crippen molar-refractivity contribution in [3.63, 3.8) is 0 Å². The van der Waals surface area contributed by atoms with E-state index in [1.165, 1.54) is 0 Å². The molecule has 0 radical (unpaired) electrons. The molecular formula is C38H39N9O6. The van der Waals surface area contributed by atoms with Crippen LogP contribution in [0.5, 0.6) is 0 Å². The van der Waals surface area contributed by atoms with Gasteiger partial charge in [-0.05, 0) is 73.7 Å². The molecule has 15 nitrogen and oxygen atoms in total. The highest BCUT2D eigenvalue weighted by Gasteiger charge is 2.44. The summed E-state index contributed by atoms with van der Waals surface area (Å²) >= 11 is 0. The lowest BCUT2D eigenvalue weighted by Gasteiger charge is -2.37. The molecule has 2 saturated heterocycles. The Bertz CT molecular complexity index is 2210. The summed E-state index contributed by atoms with van der Waals surface area (Å²) in [5, 5.41) is 8.62. The minimum atomic E-state index is -1.01. The number of hydrogen-bond donors (Lipinski definition) is 4. The van der Waals surface area contributed by atoms with Crippen LogP contribution in [0.15, 0.2) is 59.7 Å². The third-order valence-electron chi connectivity index (χ3n) is 10.6. The Balaban J connectivity index is 0.791. The zero-order chi connectivity index (χ0) is 36.8. The number of nitrogens with zero attached hydrogens (tertiary/aromatic N) is 5. The largest absolute Gasteiger partial charge is 0.382 e. The number of amides is 5. The molecule has 3 aliphatic heterocycles. The van der Waals surface area contributed by atoms with Crippen LogP contribution in [0.4, 0.5) is 11.4 Å². The summed E-state index contributed by atoms with van der Waals surface area (Å²) in [6.07, 6.45) is 5.80. The van der Waals surface area contributed by atoms with Crippen LogP contribution in [-0.4, -0.2) is 98.6 Å². The van der Waals surface area contributed by atoms with Gasteiger partial charge in [-0.15, -0.1) is 0 Å². The summed E-state index contributed by atoms with van der Waals surface area (Å²) in [5.41, 5.74) is 5.68. The standard InChI is InChI=1S/C38H39N9O6/c1-2-22-14-30-31(43-34(22)49)13-21(18-39-30)20-45-9-11-46(12-10-45)26-4-6-29(40-19-26)35(50)42-25-15-24(16-25)41-23-3-5-27-28(17-23)38(53)47(37(27)52)32-7-8-33(48)44-36(32)51/h3-6,13-14,17-19,24-25,32,41H,2,7-12,15-16,20H2,1H3,(H,42,50)(H,43,49)(H,44,48,51)/t24?,25?,32-/m1/s1. The predicted octanol–water partition coefficient (Wildman–Crippen LogP) is 1.98. The second kappa shape index (κ2) is 13.9. The van der Waals surface area contributed by atoms with Gasteiger partial charge in [0.2, 0.25) is 11.8 Å². The highest BCUT2D eigenvalue weighted by Crippen LogP contribution is 2.31. The lowest BCUT2D eigenvalue weighted by Crippen LogP contribution is -2.54. The molecule has 4 N–H and O–H groups in total. The van der Waals surface area contributed by atoms with E-state index < -0.39 is 29.7 Å². The summed E-state index contributed by atoms with van der Waals surface area (Å²) in [7, 11) is 0. The van der Waals surface area contributed by atoms with E-state index in [4.69, 9.17) is 0 Å². The zero-order valence-corrected chi connectivity index (χ0v) is 29.2. The topological polar surface area (TPSA) is 190 Å². The third-order valence-corrected chi connectivity index (χ3v) is 10.6. The van der Waals surface area contributed by atoms with Crippen LogP contribution in [0, 0.1) is 0 Å². The number of imide groups is 2. The van der Waals surface area contributed by atoms with E-state index in [9.17, 15) is 28.8 Å². The maximum absolute atomic E-state index is 13.1. The van der Waals surface area contributed by atoms with Crippen molar-refractivity contribution < 1.29 is 24.0 Å². The second-order valence-corrected chi connectivity index (χ2v) is 14.1. The number of aromatic nitrogens is 3. The van der Waals surface area contributed by atoms with Gasteiger partial charge in [0.1, 0.15) is 11.7 Å². The van der Waals surface area contributed by atoms with Gasteiger partial charge < -0.3 is 20.5 Å². The van der Waals surface area contributed by atoms with E-state index in [0.717, 1.165) is 65.5 Å². The number of rotatable bonds is 9. The smallest absolute Gasteiger partial charge is 0.270 e. The van der Waals surface area contributed by atoms with E-state index in [-0.39, 0.29) is 47.5 Å². The molecule has 272 valence electrons. The summed E-state index contributed by atoms with van der Waals surface area (Å²) < 4.78 is 0. The second-order valence-electron chi connectivity index (χ2n) is 14.1. The van der Waals surface area contributed by atoms with Gasteiger partial charge in [-0.2, -0.15) is 0 Å². The van der Waals surface area contributed by atoms with E-state index in [1.54, 1.807) is 30.5 Å². The Kier molecular flexibility index (Phi) is 8.94. The summed E-state index contributed by atoms with van der Waals surface area (Å²) in [5.74, 6) is -2.39. The number of nitrogens with one attached hydrogen (secondary N) is 4. The predicted molar refractivity (Wildman–Crippen MR) is 194 cm³/mol. The van der Waals surface area contributed by atoms with E-state index >= 15 is 0 Å². The van der Waals surface area contributed by atoms with E-state index in [0.29, 0.717) is 30.6 Å². The maximum Gasteiger partial charge on any atom is 0.270 e. The van der Waals surface area contributed by atoms with Gasteiger partial charge >= 0.3 is 0 Å². The Hall–Kier alpha value is -5.96. The molecule has 1 atom stereocenters. The molecule has 1 aliphatic carbocycles. The SMILES string of the molecule is CCc1cc2ncc(CN3CCN(c4ccc(C(=O)NC5CC(Nc6ccc7c(c6)C(=O)N([C@@H]6CCC(=O)NC6=O)C7=O)C5)nc4)CC3)cc2[nH]c1=O. The Morgan fingerprint density at radius 1 is 0.887 bits per heavy atom. The number of piperidine rings is 1. The molecule has 0 unspecified atom stereocenters. The molecular weight excluding hydrogens is 678 g/mol. The van der Waals surface area contributed by atoms with Crippen molar-refractivity contribution in [1.29, 1.82) is 0 Å². The molecule has 0 bridgehead atoms. The van der Waals surface area contributed by atoms with E-state index in [2.05, 4.69) is 40.7 Å². The average Bonchev–Trinajstić information content (AvgIpc) is 3.38. The van der Waals surface area contributed by atoms with Gasteiger partial charge in [0.05, 0.1) is 34.0 Å². The molecule has 3 aromatic heterocycles. The van der Waals surface area contributed by atoms with Crippen molar-refractivity contribution in [1.82, 2.24) is 35.4 Å². The number of carbonyl (C=O) groups excluding carboxylic acids is 5. The van der Waals surface area contributed by atoms with Crippen molar-refractivity contribution in [2.24, 2.45) is 0 Å². The molecule has 0 spiro atoms. The lowest BCUT2D eigenvalue weighted by atomic mass is 9.86. The molecule has 6 heterocycles. The van der Waals surface area contributed by atoms with Gasteiger partial charge in [-0.3, -0.25) is 48.9 Å². The van der Waals surface area contributed by atoms with Crippen LogP contribution in [0.1, 0.15) is 74.9 Å². The van der Waals surface area contributed by atoms with Crippen LogP contribution in [-0.2, 0) is 22.6 Å². The first-order valence-electron chi connectivity index (χ1n) is 18.0. The molecule has 15 heteroatoms. The Morgan fingerprint density at radius 2 is 1.68 bits per heavy atom. The average molecular weight is 718 g/mol. The van der Waals surface area contributed by atoms with Crippen LogP contribution < -0.4 is 26.4 Å². The zero-order valence-electron chi connectivity index (χ0n) is 29.2. The van der Waals surface area contributed by atoms with Gasteiger partial charge in [0.25, 0.3) is 23.3 Å². The van der Waals surface area contributed by atoms with Crippen molar-refractivity contribution in [3.05, 3.63) is 93.2 Å². The highest BCUT2D eigenvalue weighted by atomic mass is 16.2. The number of aryl methyl sites for hydroxylation is 1. The molecule has 1 aromatic carbocycles. The van der Waals surface area contributed by atoms with Crippen LogP contribution in [0.25, 0.3) is 11.0 Å². The maximum atomic E-state index is 13.1. The molecule has 3 fully saturated rings. The van der Waals surface area contributed by atoms with Crippen molar-refractivity contribution in [3.8, 4) is 0 Å². The first-order valence-corrected chi connectivity index (χ1v) is 18.0. The Labute approximate surface area is 304 Å². The number of pyridine rings is 3. The fourth-order valence-corrected chi connectivity index (χ4v) is 7.56. The lowest BCUT2D eigenvalue weighted by molar-refractivity contribution is -0.136. The molecule has 53 heavy (non-hydrogen) atoms. The molecule has 1 saturated carbocycles. The normalized spacial score (nSPS) is 21.7. The van der Waals surface area contributed by atoms with Gasteiger partial charge in [0.15, 0.2) is 0 Å². The molecule has 4 aromatic rings. The first kappa shape index (κ1) is 34.1. The van der Waals surface area contributed by atoms with Crippen molar-refractivity contribution >= 4 is 51.9 Å². The highest BCUT2D eigenvalue weighted by molar-refractivity contribution is 6.23. The van der Waals surface area contributed by atoms with Gasteiger partial charge in [-0.25, -0.2) is 4.98 Å². The van der Waals surface area contributed by atoms with E-state index in [1.807, 2.05) is 31.3 Å². The third kappa shape index (κ3) is 6.75. The van der Waals surface area contributed by atoms with Crippen molar-refractivity contribution in [2.75, 3.05) is 36.4 Å². The van der Waals surface area contributed by atoms with Gasteiger partial charge in [0, 0.05) is 68.7 Å². The number of hydrogen-bond acceptors (Lipinski definition) is 11. The van der Waals surface area contributed by atoms with Crippen LogP contribution >= 0.6 is 0 Å². The van der Waals surface area contributed by atoms with Gasteiger partial charge in [-0.1, -0.05) is 6.92 Å². The number of carbonyl (C=O) groups is 5. The first-order chi connectivity index (χ1) is 25.6. The molecule has 4 aliphatic rings. The Morgan fingerprint density at radius 3 is 2.42 bits per heavy atom. The molecule has 8 rings (SSSR count). The number of piperazine rings is 1. The number of H-pyrrole nitrogens is 1. The number of fused-ring (bicyclic) bond motifs is 2. The fraction of sp³-hybridized carbons (Fsp3) is 0.368. The minimum Gasteiger partial charge on any atom is -0.382 e. The number of aromatic amines is 1. The summed E-state index contributed by atoms with van der Waals surface area (Å²) in [6, 6.07) is 11.5. The fourth-order valence-electron chi connectivity index (χ4n) is 7.56. The van der Waals surface area contributed by atoms with Crippen LogP contribution in [0.3, 0.4) is 0 Å². The van der Waals surface area contributed by atoms with Crippen molar-refractivity contribution in [2.45, 2.75) is 63.7 Å². The monoisotopic (exact) mass is 717 g/mol.